The van der Waals surface area contributed by atoms with Gasteiger partial charge >= 0.3 is 6.18 Å². The van der Waals surface area contributed by atoms with Gasteiger partial charge in [0, 0.05) is 5.56 Å². The minimum Gasteiger partial charge on any atom is -0.440 e. The first-order valence-electron chi connectivity index (χ1n) is 6.75. The van der Waals surface area contributed by atoms with Crippen LogP contribution >= 0.6 is 0 Å². The van der Waals surface area contributed by atoms with Gasteiger partial charge in [-0.2, -0.15) is 18.4 Å². The summed E-state index contributed by atoms with van der Waals surface area (Å²) in [6.07, 6.45) is -4.48. The maximum Gasteiger partial charge on any atom is 0.416 e. The second kappa shape index (κ2) is 5.36. The molecule has 1 aliphatic heterocycles. The number of nitrogens with two attached hydrogens (primary N) is 1. The summed E-state index contributed by atoms with van der Waals surface area (Å²) in [5.74, 6) is -0.703. The Balaban J connectivity index is 2.19. The summed E-state index contributed by atoms with van der Waals surface area (Å²) in [6, 6.07) is 14.2. The number of alkyl halides is 3. The number of allylic oxidation sites excluding steroid dienone is 1. The van der Waals surface area contributed by atoms with Crippen molar-refractivity contribution in [1.82, 2.24) is 0 Å². The molecule has 3 rings (SSSR count). The molecule has 116 valence electrons. The van der Waals surface area contributed by atoms with E-state index in [4.69, 9.17) is 10.5 Å². The Morgan fingerprint density at radius 1 is 1.09 bits per heavy atom. The summed E-state index contributed by atoms with van der Waals surface area (Å²) in [7, 11) is 0. The fourth-order valence-electron chi connectivity index (χ4n) is 2.62. The molecule has 1 aliphatic rings. The molecule has 0 fully saturated rings. The van der Waals surface area contributed by atoms with E-state index in [9.17, 15) is 18.4 Å². The van der Waals surface area contributed by atoms with Crippen molar-refractivity contribution in [2.45, 2.75) is 12.1 Å². The van der Waals surface area contributed by atoms with Crippen molar-refractivity contribution in [3.8, 4) is 11.8 Å². The van der Waals surface area contributed by atoms with Crippen molar-refractivity contribution < 1.29 is 17.9 Å². The van der Waals surface area contributed by atoms with Gasteiger partial charge in [-0.15, -0.1) is 0 Å². The SMILES string of the molecule is N#CC1=C(N)Oc2cc(C(F)(F)F)ccc2[C@H]1c1ccccc1. The lowest BCUT2D eigenvalue weighted by atomic mass is 9.83. The highest BCUT2D eigenvalue weighted by Gasteiger charge is 2.35. The van der Waals surface area contributed by atoms with E-state index < -0.39 is 17.7 Å². The number of hydrogen-bond donors (Lipinski definition) is 1. The average molecular weight is 316 g/mol. The molecule has 23 heavy (non-hydrogen) atoms. The van der Waals surface area contributed by atoms with Crippen LogP contribution in [0.4, 0.5) is 13.2 Å². The van der Waals surface area contributed by atoms with E-state index in [2.05, 4.69) is 0 Å². The number of fused-ring (bicyclic) bond motifs is 1. The summed E-state index contributed by atoms with van der Waals surface area (Å²) in [6.45, 7) is 0. The largest absolute Gasteiger partial charge is 0.440 e. The molecule has 0 saturated carbocycles. The van der Waals surface area contributed by atoms with Crippen molar-refractivity contribution in [2.75, 3.05) is 0 Å². The van der Waals surface area contributed by atoms with E-state index in [0.717, 1.165) is 17.7 Å². The zero-order valence-electron chi connectivity index (χ0n) is 11.8. The summed E-state index contributed by atoms with van der Waals surface area (Å²) < 4.78 is 43.9. The predicted molar refractivity (Wildman–Crippen MR) is 77.2 cm³/mol. The van der Waals surface area contributed by atoms with Crippen LogP contribution in [0.3, 0.4) is 0 Å². The molecule has 1 atom stereocenters. The van der Waals surface area contributed by atoms with Gasteiger partial charge in [0.05, 0.1) is 11.5 Å². The van der Waals surface area contributed by atoms with Gasteiger partial charge in [0.25, 0.3) is 0 Å². The van der Waals surface area contributed by atoms with Gasteiger partial charge in [-0.3, -0.25) is 0 Å². The van der Waals surface area contributed by atoms with E-state index in [1.54, 1.807) is 24.3 Å². The van der Waals surface area contributed by atoms with Crippen molar-refractivity contribution in [2.24, 2.45) is 5.73 Å². The summed E-state index contributed by atoms with van der Waals surface area (Å²) in [5, 5.41) is 9.35. The van der Waals surface area contributed by atoms with E-state index >= 15 is 0 Å². The molecule has 0 spiro atoms. The molecule has 1 heterocycles. The Labute approximate surface area is 130 Å². The van der Waals surface area contributed by atoms with Crippen LogP contribution in [0, 0.1) is 11.3 Å². The smallest absolute Gasteiger partial charge is 0.416 e. The van der Waals surface area contributed by atoms with Crippen LogP contribution in [0.15, 0.2) is 60.0 Å². The van der Waals surface area contributed by atoms with Crippen LogP contribution in [0.5, 0.6) is 5.75 Å². The Kier molecular flexibility index (Phi) is 3.49. The molecule has 0 bridgehead atoms. The summed E-state index contributed by atoms with van der Waals surface area (Å²) in [4.78, 5) is 0. The van der Waals surface area contributed by atoms with Gasteiger partial charge < -0.3 is 10.5 Å². The molecule has 3 nitrogen and oxygen atoms in total. The number of ether oxygens (including phenoxy) is 1. The van der Waals surface area contributed by atoms with E-state index in [-0.39, 0.29) is 17.2 Å². The zero-order valence-corrected chi connectivity index (χ0v) is 11.8. The number of nitriles is 1. The molecule has 0 aromatic heterocycles. The normalized spacial score (nSPS) is 17.2. The first-order chi connectivity index (χ1) is 10.9. The first kappa shape index (κ1) is 15.0. The van der Waals surface area contributed by atoms with Crippen LogP contribution in [-0.2, 0) is 6.18 Å². The van der Waals surface area contributed by atoms with E-state index in [1.807, 2.05) is 12.1 Å². The standard InChI is InChI=1S/C17H11F3N2O/c18-17(19,20)11-6-7-12-14(8-11)23-16(22)13(9-21)15(12)10-4-2-1-3-5-10/h1-8,15H,22H2/t15-/m1/s1. The van der Waals surface area contributed by atoms with Crippen LogP contribution < -0.4 is 10.5 Å². The van der Waals surface area contributed by atoms with Crippen molar-refractivity contribution in [3.63, 3.8) is 0 Å². The third kappa shape index (κ3) is 2.61. The molecule has 0 aliphatic carbocycles. The maximum atomic E-state index is 12.9. The second-order valence-electron chi connectivity index (χ2n) is 5.09. The monoisotopic (exact) mass is 316 g/mol. The number of halogens is 3. The zero-order chi connectivity index (χ0) is 16.6. The Hall–Kier alpha value is -2.94. The fraction of sp³-hybridized carbons (Fsp3) is 0.118. The fourth-order valence-corrected chi connectivity index (χ4v) is 2.62. The molecule has 2 aromatic carbocycles. The van der Waals surface area contributed by atoms with Crippen LogP contribution in [0.2, 0.25) is 0 Å². The lowest BCUT2D eigenvalue weighted by molar-refractivity contribution is -0.137. The van der Waals surface area contributed by atoms with Crippen molar-refractivity contribution >= 4 is 0 Å². The molecular weight excluding hydrogens is 305 g/mol. The van der Waals surface area contributed by atoms with Crippen LogP contribution in [-0.4, -0.2) is 0 Å². The van der Waals surface area contributed by atoms with Crippen molar-refractivity contribution in [1.29, 1.82) is 5.26 Å². The highest BCUT2D eigenvalue weighted by atomic mass is 19.4. The number of nitrogens with zero attached hydrogens (tertiary/aromatic N) is 1. The second-order valence-corrected chi connectivity index (χ2v) is 5.09. The lowest BCUT2D eigenvalue weighted by Crippen LogP contribution is -2.21. The van der Waals surface area contributed by atoms with E-state index in [1.165, 1.54) is 6.07 Å². The van der Waals surface area contributed by atoms with Crippen LogP contribution in [0.1, 0.15) is 22.6 Å². The van der Waals surface area contributed by atoms with Gasteiger partial charge in [-0.1, -0.05) is 36.4 Å². The Morgan fingerprint density at radius 3 is 2.39 bits per heavy atom. The molecule has 0 amide bonds. The molecule has 0 radical (unpaired) electrons. The number of rotatable bonds is 1. The Morgan fingerprint density at radius 2 is 1.78 bits per heavy atom. The highest BCUT2D eigenvalue weighted by molar-refractivity contribution is 5.56. The molecule has 2 N–H and O–H groups in total. The number of benzene rings is 2. The summed E-state index contributed by atoms with van der Waals surface area (Å²) in [5.41, 5.74) is 6.35. The van der Waals surface area contributed by atoms with Gasteiger partial charge in [0.1, 0.15) is 17.4 Å². The predicted octanol–water partition coefficient (Wildman–Crippen LogP) is 3.92. The lowest BCUT2D eigenvalue weighted by Gasteiger charge is -2.27. The quantitative estimate of drug-likeness (QED) is 0.867. The minimum atomic E-state index is -4.48. The van der Waals surface area contributed by atoms with Gasteiger partial charge in [0.2, 0.25) is 5.88 Å². The van der Waals surface area contributed by atoms with Gasteiger partial charge in [0.15, 0.2) is 0 Å². The molecule has 2 aromatic rings. The molecule has 0 saturated heterocycles. The minimum absolute atomic E-state index is 0.0187. The van der Waals surface area contributed by atoms with Crippen LogP contribution in [0.25, 0.3) is 0 Å². The summed E-state index contributed by atoms with van der Waals surface area (Å²) >= 11 is 0. The third-order valence-electron chi connectivity index (χ3n) is 3.68. The molecule has 6 heteroatoms. The average Bonchev–Trinajstić information content (AvgIpc) is 2.53. The maximum absolute atomic E-state index is 12.9. The van der Waals surface area contributed by atoms with E-state index in [0.29, 0.717) is 5.56 Å². The number of hydrogen-bond acceptors (Lipinski definition) is 3. The third-order valence-corrected chi connectivity index (χ3v) is 3.68. The molecule has 0 unspecified atom stereocenters. The van der Waals surface area contributed by atoms with Gasteiger partial charge in [-0.05, 0) is 17.7 Å². The topological polar surface area (TPSA) is 59.0 Å². The molecular formula is C17H11F3N2O. The first-order valence-corrected chi connectivity index (χ1v) is 6.75. The highest BCUT2D eigenvalue weighted by Crippen LogP contribution is 2.44. The Bertz CT molecular complexity index is 820. The van der Waals surface area contributed by atoms with Crippen molar-refractivity contribution in [3.05, 3.63) is 76.7 Å². The van der Waals surface area contributed by atoms with Gasteiger partial charge in [-0.25, -0.2) is 0 Å².